The highest BCUT2D eigenvalue weighted by Crippen LogP contribution is 2.00. The molecule has 0 fully saturated rings. The van der Waals surface area contributed by atoms with Crippen molar-refractivity contribution in [1.29, 1.82) is 0 Å². The second-order valence-electron chi connectivity index (χ2n) is 1.58. The summed E-state index contributed by atoms with van der Waals surface area (Å²) in [6.45, 7) is 8.90. The van der Waals surface area contributed by atoms with E-state index in [1.165, 1.54) is 0 Å². The SMILES string of the molecule is C=C/C(=C/C)N(C)N=C. The number of nitrogens with zero attached hydrogens (tertiary/aromatic N) is 2. The largest absolute Gasteiger partial charge is 0.270 e. The lowest BCUT2D eigenvalue weighted by molar-refractivity contribution is 0.465. The van der Waals surface area contributed by atoms with Crippen molar-refractivity contribution in [2.75, 3.05) is 7.05 Å². The normalized spacial score (nSPS) is 10.7. The Morgan fingerprint density at radius 2 is 2.22 bits per heavy atom. The summed E-state index contributed by atoms with van der Waals surface area (Å²) in [6, 6.07) is 0. The van der Waals surface area contributed by atoms with Crippen LogP contribution in [0.15, 0.2) is 29.5 Å². The highest BCUT2D eigenvalue weighted by molar-refractivity contribution is 5.24. The molecule has 0 aliphatic heterocycles. The molecule has 0 bridgehead atoms. The van der Waals surface area contributed by atoms with Crippen molar-refractivity contribution in [2.45, 2.75) is 6.92 Å². The molecule has 0 spiro atoms. The third-order valence-electron chi connectivity index (χ3n) is 1.09. The van der Waals surface area contributed by atoms with Gasteiger partial charge in [-0.1, -0.05) is 12.7 Å². The Kier molecular flexibility index (Phi) is 3.44. The van der Waals surface area contributed by atoms with Crippen molar-refractivity contribution in [3.05, 3.63) is 24.4 Å². The molecule has 0 amide bonds. The smallest absolute Gasteiger partial charge is 0.0541 e. The molecule has 50 valence electrons. The highest BCUT2D eigenvalue weighted by Gasteiger charge is 1.91. The summed E-state index contributed by atoms with van der Waals surface area (Å²) in [5.41, 5.74) is 0.963. The van der Waals surface area contributed by atoms with Crippen molar-refractivity contribution in [1.82, 2.24) is 5.01 Å². The Morgan fingerprint density at radius 1 is 1.67 bits per heavy atom. The van der Waals surface area contributed by atoms with Crippen molar-refractivity contribution in [3.8, 4) is 0 Å². The van der Waals surface area contributed by atoms with E-state index in [0.717, 1.165) is 5.70 Å². The van der Waals surface area contributed by atoms with E-state index >= 15 is 0 Å². The summed E-state index contributed by atoms with van der Waals surface area (Å²) in [5.74, 6) is 0. The van der Waals surface area contributed by atoms with Crippen LogP contribution >= 0.6 is 0 Å². The second kappa shape index (κ2) is 3.89. The van der Waals surface area contributed by atoms with E-state index in [-0.39, 0.29) is 0 Å². The van der Waals surface area contributed by atoms with E-state index in [1.807, 2.05) is 20.0 Å². The summed E-state index contributed by atoms with van der Waals surface area (Å²) in [5, 5.41) is 5.33. The van der Waals surface area contributed by atoms with Crippen molar-refractivity contribution < 1.29 is 0 Å². The van der Waals surface area contributed by atoms with E-state index in [9.17, 15) is 0 Å². The number of hydrogen-bond donors (Lipinski definition) is 0. The minimum Gasteiger partial charge on any atom is -0.270 e. The van der Waals surface area contributed by atoms with E-state index in [1.54, 1.807) is 11.1 Å². The zero-order valence-electron chi connectivity index (χ0n) is 5.96. The van der Waals surface area contributed by atoms with Crippen LogP contribution in [0.2, 0.25) is 0 Å². The zero-order valence-corrected chi connectivity index (χ0v) is 5.96. The maximum Gasteiger partial charge on any atom is 0.0541 e. The lowest BCUT2D eigenvalue weighted by atomic mass is 10.4. The van der Waals surface area contributed by atoms with E-state index < -0.39 is 0 Å². The minimum absolute atomic E-state index is 0.963. The quantitative estimate of drug-likeness (QED) is 0.317. The maximum atomic E-state index is 3.67. The molecule has 0 heterocycles. The number of allylic oxidation sites excluding steroid dienone is 2. The fourth-order valence-corrected chi connectivity index (χ4v) is 0.518. The number of hydrogen-bond acceptors (Lipinski definition) is 2. The predicted octanol–water partition coefficient (Wildman–Crippen LogP) is 1.62. The van der Waals surface area contributed by atoms with Crippen LogP contribution in [0.5, 0.6) is 0 Å². The summed E-state index contributed by atoms with van der Waals surface area (Å²) < 4.78 is 0. The number of hydrazone groups is 1. The van der Waals surface area contributed by atoms with E-state index in [4.69, 9.17) is 0 Å². The molecule has 0 aliphatic rings. The monoisotopic (exact) mass is 124 g/mol. The Bertz CT molecular complexity index is 136. The maximum absolute atomic E-state index is 3.67. The van der Waals surface area contributed by atoms with Gasteiger partial charge < -0.3 is 0 Å². The standard InChI is InChI=1S/C7H12N2/c1-5-7(6-2)9(4)8-3/h5-6H,1,3H2,2,4H3/b7-6-. The molecule has 2 nitrogen and oxygen atoms in total. The minimum atomic E-state index is 0.963. The molecule has 0 atom stereocenters. The molecule has 0 aromatic heterocycles. The first-order valence-electron chi connectivity index (χ1n) is 2.75. The summed E-state index contributed by atoms with van der Waals surface area (Å²) in [4.78, 5) is 0. The molecule has 9 heavy (non-hydrogen) atoms. The second-order valence-corrected chi connectivity index (χ2v) is 1.58. The van der Waals surface area contributed by atoms with Gasteiger partial charge in [0, 0.05) is 13.8 Å². The van der Waals surface area contributed by atoms with Gasteiger partial charge >= 0.3 is 0 Å². The summed E-state index contributed by atoms with van der Waals surface area (Å²) in [7, 11) is 1.82. The lowest BCUT2D eigenvalue weighted by Crippen LogP contribution is -2.06. The van der Waals surface area contributed by atoms with E-state index in [2.05, 4.69) is 18.4 Å². The summed E-state index contributed by atoms with van der Waals surface area (Å²) in [6.07, 6.45) is 3.65. The molecule has 0 N–H and O–H groups in total. The molecule has 0 saturated carbocycles. The first kappa shape index (κ1) is 7.95. The van der Waals surface area contributed by atoms with Gasteiger partial charge in [0.1, 0.15) is 0 Å². The van der Waals surface area contributed by atoms with Gasteiger partial charge in [-0.25, -0.2) is 0 Å². The van der Waals surface area contributed by atoms with Crippen LogP contribution in [0.25, 0.3) is 0 Å². The van der Waals surface area contributed by atoms with Crippen molar-refractivity contribution in [2.24, 2.45) is 5.10 Å². The Balaban J connectivity index is 4.11. The molecular formula is C7H12N2. The van der Waals surface area contributed by atoms with Gasteiger partial charge in [-0.2, -0.15) is 5.10 Å². The number of likely N-dealkylation sites (N-methyl/N-ethyl adjacent to an activating group) is 1. The lowest BCUT2D eigenvalue weighted by Gasteiger charge is -2.11. The third kappa shape index (κ3) is 2.13. The zero-order chi connectivity index (χ0) is 7.28. The Morgan fingerprint density at radius 3 is 2.33 bits per heavy atom. The molecular weight excluding hydrogens is 112 g/mol. The van der Waals surface area contributed by atoms with Gasteiger partial charge in [0.15, 0.2) is 0 Å². The van der Waals surface area contributed by atoms with Crippen LogP contribution in [0.3, 0.4) is 0 Å². The van der Waals surface area contributed by atoms with Crippen LogP contribution in [0.1, 0.15) is 6.92 Å². The van der Waals surface area contributed by atoms with Crippen LogP contribution in [-0.2, 0) is 0 Å². The van der Waals surface area contributed by atoms with Gasteiger partial charge in [-0.05, 0) is 13.0 Å². The Hall–Kier alpha value is -1.05. The van der Waals surface area contributed by atoms with Gasteiger partial charge in [0.05, 0.1) is 5.70 Å². The Labute approximate surface area is 56.2 Å². The van der Waals surface area contributed by atoms with Gasteiger partial charge in [-0.3, -0.25) is 5.01 Å². The van der Waals surface area contributed by atoms with E-state index in [0.29, 0.717) is 0 Å². The van der Waals surface area contributed by atoms with Gasteiger partial charge in [0.2, 0.25) is 0 Å². The van der Waals surface area contributed by atoms with Crippen LogP contribution < -0.4 is 0 Å². The van der Waals surface area contributed by atoms with Crippen LogP contribution in [-0.4, -0.2) is 18.8 Å². The van der Waals surface area contributed by atoms with Gasteiger partial charge in [0.25, 0.3) is 0 Å². The molecule has 0 rings (SSSR count). The third-order valence-corrected chi connectivity index (χ3v) is 1.09. The van der Waals surface area contributed by atoms with Crippen molar-refractivity contribution >= 4 is 6.72 Å². The fraction of sp³-hybridized carbons (Fsp3) is 0.286. The van der Waals surface area contributed by atoms with Crippen LogP contribution in [0.4, 0.5) is 0 Å². The molecule has 0 radical (unpaired) electrons. The first-order chi connectivity index (χ1) is 4.26. The van der Waals surface area contributed by atoms with Crippen LogP contribution in [0, 0.1) is 0 Å². The average molecular weight is 124 g/mol. The van der Waals surface area contributed by atoms with Gasteiger partial charge in [-0.15, -0.1) is 0 Å². The molecule has 2 heteroatoms. The topological polar surface area (TPSA) is 15.6 Å². The molecule has 0 aromatic carbocycles. The molecule has 0 saturated heterocycles. The molecule has 0 aliphatic carbocycles. The first-order valence-corrected chi connectivity index (χ1v) is 2.75. The molecule has 0 aromatic rings. The molecule has 0 unspecified atom stereocenters. The average Bonchev–Trinajstić information content (AvgIpc) is 1.90. The summed E-state index contributed by atoms with van der Waals surface area (Å²) >= 11 is 0. The predicted molar refractivity (Wildman–Crippen MR) is 41.3 cm³/mol. The highest BCUT2D eigenvalue weighted by atomic mass is 15.4. The van der Waals surface area contributed by atoms with Crippen molar-refractivity contribution in [3.63, 3.8) is 0 Å². The number of rotatable bonds is 3. The fourth-order valence-electron chi connectivity index (χ4n) is 0.518.